The van der Waals surface area contributed by atoms with Gasteiger partial charge in [-0.15, -0.1) is 0 Å². The minimum absolute atomic E-state index is 0.0831. The molecule has 6 heteroatoms. The number of aliphatic hydroxyl groups excluding tert-OH is 1. The van der Waals surface area contributed by atoms with Crippen LogP contribution in [-0.4, -0.2) is 22.2 Å². The fourth-order valence-corrected chi connectivity index (χ4v) is 1.72. The molecule has 100 valence electrons. The van der Waals surface area contributed by atoms with Gasteiger partial charge in [0, 0.05) is 23.9 Å². The molecule has 0 saturated heterocycles. The van der Waals surface area contributed by atoms with Crippen molar-refractivity contribution in [3.05, 3.63) is 28.3 Å². The van der Waals surface area contributed by atoms with E-state index >= 15 is 0 Å². The van der Waals surface area contributed by atoms with E-state index in [2.05, 4.69) is 5.32 Å². The summed E-state index contributed by atoms with van der Waals surface area (Å²) in [5.41, 5.74) is 6.13. The Kier molecular flexibility index (Phi) is 4.49. The molecule has 0 aliphatic heterocycles. The molecule has 0 aliphatic rings. The van der Waals surface area contributed by atoms with Crippen molar-refractivity contribution in [3.63, 3.8) is 0 Å². The number of benzene rings is 1. The molecular weight excluding hydrogens is 234 g/mol. The molecule has 1 aromatic rings. The average Bonchev–Trinajstić information content (AvgIpc) is 2.28. The van der Waals surface area contributed by atoms with E-state index in [1.54, 1.807) is 12.1 Å². The highest BCUT2D eigenvalue weighted by molar-refractivity contribution is 5.66. The summed E-state index contributed by atoms with van der Waals surface area (Å²) in [5.74, 6) is 0. The summed E-state index contributed by atoms with van der Waals surface area (Å²) in [6.07, 6.45) is 1.42. The molecule has 0 spiro atoms. The van der Waals surface area contributed by atoms with Crippen molar-refractivity contribution in [1.29, 1.82) is 0 Å². The van der Waals surface area contributed by atoms with Crippen LogP contribution in [0.1, 0.15) is 26.7 Å². The molecular formula is C12H19N3O3. The fourth-order valence-electron chi connectivity index (χ4n) is 1.72. The number of nitrogen functional groups attached to an aromatic ring is 1. The Balaban J connectivity index is 2.92. The largest absolute Gasteiger partial charge is 0.396 e. The third kappa shape index (κ3) is 3.33. The third-order valence-electron chi connectivity index (χ3n) is 3.11. The van der Waals surface area contributed by atoms with Gasteiger partial charge >= 0.3 is 0 Å². The number of aliphatic hydroxyl groups is 1. The Hall–Kier alpha value is -1.82. The van der Waals surface area contributed by atoms with E-state index in [9.17, 15) is 10.1 Å². The van der Waals surface area contributed by atoms with Crippen molar-refractivity contribution in [3.8, 4) is 0 Å². The number of nitrogens with one attached hydrogen (secondary N) is 1. The summed E-state index contributed by atoms with van der Waals surface area (Å²) >= 11 is 0. The number of nitrogens with two attached hydrogens (primary N) is 1. The predicted octanol–water partition coefficient (Wildman–Crippen LogP) is 2.14. The summed E-state index contributed by atoms with van der Waals surface area (Å²) in [4.78, 5) is 10.1. The van der Waals surface area contributed by atoms with Gasteiger partial charge in [-0.05, 0) is 31.9 Å². The van der Waals surface area contributed by atoms with Gasteiger partial charge in [0.15, 0.2) is 0 Å². The highest BCUT2D eigenvalue weighted by atomic mass is 16.6. The highest BCUT2D eigenvalue weighted by Gasteiger charge is 2.21. The minimum atomic E-state index is -0.508. The first-order valence-corrected chi connectivity index (χ1v) is 5.85. The Morgan fingerprint density at radius 2 is 2.22 bits per heavy atom. The van der Waals surface area contributed by atoms with Crippen LogP contribution >= 0.6 is 0 Å². The maximum atomic E-state index is 10.6. The van der Waals surface area contributed by atoms with Gasteiger partial charge in [0.25, 0.3) is 5.69 Å². The number of anilines is 2. The third-order valence-corrected chi connectivity index (χ3v) is 3.11. The highest BCUT2D eigenvalue weighted by Crippen LogP contribution is 2.28. The number of nitro groups is 1. The average molecular weight is 253 g/mol. The van der Waals surface area contributed by atoms with E-state index in [0.717, 1.165) is 12.1 Å². The quantitative estimate of drug-likeness (QED) is 0.409. The molecule has 0 saturated carbocycles. The Labute approximate surface area is 106 Å². The number of nitro benzene ring substituents is 1. The number of rotatable bonds is 6. The van der Waals surface area contributed by atoms with E-state index in [1.165, 1.54) is 6.07 Å². The first kappa shape index (κ1) is 14.2. The minimum Gasteiger partial charge on any atom is -0.396 e. The Bertz CT molecular complexity index is 437. The lowest BCUT2D eigenvalue weighted by Gasteiger charge is -2.30. The summed E-state index contributed by atoms with van der Waals surface area (Å²) in [6, 6.07) is 4.55. The van der Waals surface area contributed by atoms with Crippen molar-refractivity contribution in [1.82, 2.24) is 0 Å². The molecule has 1 unspecified atom stereocenters. The van der Waals surface area contributed by atoms with Crippen molar-refractivity contribution >= 4 is 17.1 Å². The van der Waals surface area contributed by atoms with E-state index in [1.807, 2.05) is 13.8 Å². The van der Waals surface area contributed by atoms with Crippen molar-refractivity contribution < 1.29 is 10.0 Å². The molecule has 4 N–H and O–H groups in total. The lowest BCUT2D eigenvalue weighted by Crippen LogP contribution is -2.35. The van der Waals surface area contributed by atoms with E-state index in [4.69, 9.17) is 10.8 Å². The molecule has 18 heavy (non-hydrogen) atoms. The van der Waals surface area contributed by atoms with E-state index in [-0.39, 0.29) is 23.5 Å². The maximum absolute atomic E-state index is 10.6. The lowest BCUT2D eigenvalue weighted by molar-refractivity contribution is -0.383. The monoisotopic (exact) mass is 253 g/mol. The van der Waals surface area contributed by atoms with Gasteiger partial charge < -0.3 is 16.2 Å². The molecule has 0 bridgehead atoms. The van der Waals surface area contributed by atoms with Crippen LogP contribution in [0.3, 0.4) is 0 Å². The fraction of sp³-hybridized carbons (Fsp3) is 0.500. The van der Waals surface area contributed by atoms with Crippen LogP contribution in [0, 0.1) is 10.1 Å². The van der Waals surface area contributed by atoms with Crippen LogP contribution in [0.15, 0.2) is 18.2 Å². The van der Waals surface area contributed by atoms with Crippen LogP contribution in [0.4, 0.5) is 17.1 Å². The smallest absolute Gasteiger partial charge is 0.292 e. The summed E-state index contributed by atoms with van der Waals surface area (Å²) in [5, 5.41) is 22.9. The zero-order valence-corrected chi connectivity index (χ0v) is 10.6. The molecule has 0 heterocycles. The van der Waals surface area contributed by atoms with Gasteiger partial charge in [0.05, 0.1) is 4.92 Å². The van der Waals surface area contributed by atoms with Crippen LogP contribution in [-0.2, 0) is 0 Å². The summed E-state index contributed by atoms with van der Waals surface area (Å²) in [6.45, 7) is 4.08. The normalized spacial score (nSPS) is 13.9. The van der Waals surface area contributed by atoms with Crippen molar-refractivity contribution in [2.24, 2.45) is 0 Å². The molecule has 0 fully saturated rings. The van der Waals surface area contributed by atoms with Gasteiger partial charge in [-0.1, -0.05) is 6.92 Å². The molecule has 6 nitrogen and oxygen atoms in total. The molecule has 0 radical (unpaired) electrons. The number of hydrogen-bond donors (Lipinski definition) is 3. The van der Waals surface area contributed by atoms with Crippen molar-refractivity contribution in [2.75, 3.05) is 17.7 Å². The van der Waals surface area contributed by atoms with Gasteiger partial charge in [-0.3, -0.25) is 10.1 Å². The van der Waals surface area contributed by atoms with Crippen LogP contribution in [0.2, 0.25) is 0 Å². The van der Waals surface area contributed by atoms with Gasteiger partial charge in [-0.2, -0.15) is 0 Å². The van der Waals surface area contributed by atoms with Gasteiger partial charge in [-0.25, -0.2) is 0 Å². The second-order valence-corrected chi connectivity index (χ2v) is 4.54. The predicted molar refractivity (Wildman–Crippen MR) is 71.5 cm³/mol. The molecule has 1 atom stereocenters. The van der Waals surface area contributed by atoms with Crippen LogP contribution < -0.4 is 11.1 Å². The number of hydrogen-bond acceptors (Lipinski definition) is 5. The maximum Gasteiger partial charge on any atom is 0.292 e. The molecule has 1 rings (SSSR count). The first-order valence-electron chi connectivity index (χ1n) is 5.85. The lowest BCUT2D eigenvalue weighted by atomic mass is 9.94. The Morgan fingerprint density at radius 1 is 1.56 bits per heavy atom. The summed E-state index contributed by atoms with van der Waals surface area (Å²) < 4.78 is 0. The standard InChI is InChI=1S/C12H19N3O3/c1-3-12(2,6-7-16)14-9-4-5-11(15(17)18)10(13)8-9/h4-5,8,14,16H,3,6-7,13H2,1-2H3. The van der Waals surface area contributed by atoms with Crippen LogP contribution in [0.5, 0.6) is 0 Å². The first-order chi connectivity index (χ1) is 8.41. The zero-order valence-electron chi connectivity index (χ0n) is 10.6. The summed E-state index contributed by atoms with van der Waals surface area (Å²) in [7, 11) is 0. The molecule has 0 aromatic heterocycles. The van der Waals surface area contributed by atoms with Gasteiger partial charge in [0.1, 0.15) is 5.69 Å². The number of nitrogens with zero attached hydrogens (tertiary/aromatic N) is 1. The second-order valence-electron chi connectivity index (χ2n) is 4.54. The molecule has 1 aromatic carbocycles. The Morgan fingerprint density at radius 3 is 2.67 bits per heavy atom. The van der Waals surface area contributed by atoms with Crippen LogP contribution in [0.25, 0.3) is 0 Å². The van der Waals surface area contributed by atoms with Crippen molar-refractivity contribution in [2.45, 2.75) is 32.2 Å². The van der Waals surface area contributed by atoms with Gasteiger partial charge in [0.2, 0.25) is 0 Å². The molecule has 0 aliphatic carbocycles. The molecule has 0 amide bonds. The van der Waals surface area contributed by atoms with E-state index < -0.39 is 4.92 Å². The van der Waals surface area contributed by atoms with E-state index in [0.29, 0.717) is 6.42 Å². The topological polar surface area (TPSA) is 101 Å². The SMILES string of the molecule is CCC(C)(CCO)Nc1ccc([N+](=O)[O-])c(N)c1. The zero-order chi connectivity index (χ0) is 13.8. The second kappa shape index (κ2) is 5.68.